The quantitative estimate of drug-likeness (QED) is 0.681. The zero-order chi connectivity index (χ0) is 21.8. The van der Waals surface area contributed by atoms with Gasteiger partial charge in [0.25, 0.3) is 11.5 Å². The third-order valence-corrected chi connectivity index (χ3v) is 6.42. The van der Waals surface area contributed by atoms with Crippen molar-refractivity contribution in [1.29, 1.82) is 0 Å². The fourth-order valence-corrected chi connectivity index (χ4v) is 4.22. The molecule has 162 valence electrons. The van der Waals surface area contributed by atoms with Crippen molar-refractivity contribution >= 4 is 29.1 Å². The second kappa shape index (κ2) is 6.88. The lowest BCUT2D eigenvalue weighted by Gasteiger charge is -2.35. The summed E-state index contributed by atoms with van der Waals surface area (Å²) in [5.74, 6) is 0.424. The van der Waals surface area contributed by atoms with Gasteiger partial charge >= 0.3 is 0 Å². The van der Waals surface area contributed by atoms with Gasteiger partial charge in [-0.3, -0.25) is 19.0 Å². The van der Waals surface area contributed by atoms with Crippen LogP contribution >= 0.6 is 0 Å². The molecule has 3 aliphatic rings. The number of anilines is 3. The minimum absolute atomic E-state index is 0.0726. The van der Waals surface area contributed by atoms with Crippen LogP contribution in [0.1, 0.15) is 48.7 Å². The van der Waals surface area contributed by atoms with Crippen LogP contribution in [-0.2, 0) is 15.2 Å². The van der Waals surface area contributed by atoms with E-state index in [1.54, 1.807) is 23.6 Å². The first-order valence-electron chi connectivity index (χ1n) is 10.4. The first-order chi connectivity index (χ1) is 14.8. The summed E-state index contributed by atoms with van der Waals surface area (Å²) in [5.41, 5.74) is -0.0388. The molecular formula is C21H24N6O4. The smallest absolute Gasteiger partial charge is 0.276 e. The number of amides is 2. The van der Waals surface area contributed by atoms with Crippen LogP contribution in [0.5, 0.6) is 0 Å². The van der Waals surface area contributed by atoms with Gasteiger partial charge < -0.3 is 20.7 Å². The van der Waals surface area contributed by atoms with E-state index < -0.39 is 5.66 Å². The SMILES string of the molecule is Cc1cc(Nc2cc(NC(=O)C3(C)CC3)ncn2)c(=O)n2c1C(=O)NC21CCOCC1. The highest BCUT2D eigenvalue weighted by Gasteiger charge is 2.46. The molecular weight excluding hydrogens is 400 g/mol. The first-order valence-corrected chi connectivity index (χ1v) is 10.4. The number of hydrogen-bond donors (Lipinski definition) is 3. The molecule has 0 unspecified atom stereocenters. The third kappa shape index (κ3) is 3.27. The Hall–Kier alpha value is -3.27. The normalized spacial score (nSPS) is 20.1. The zero-order valence-corrected chi connectivity index (χ0v) is 17.4. The molecule has 3 N–H and O–H groups in total. The molecule has 0 bridgehead atoms. The van der Waals surface area contributed by atoms with Crippen LogP contribution in [0.15, 0.2) is 23.3 Å². The maximum Gasteiger partial charge on any atom is 0.276 e. The number of pyridine rings is 1. The summed E-state index contributed by atoms with van der Waals surface area (Å²) in [5, 5.41) is 8.85. The number of nitrogens with one attached hydrogen (secondary N) is 3. The number of ether oxygens (including phenoxy) is 1. The minimum Gasteiger partial charge on any atom is -0.381 e. The van der Waals surface area contributed by atoms with E-state index in [0.717, 1.165) is 12.8 Å². The molecule has 4 heterocycles. The van der Waals surface area contributed by atoms with Crippen molar-refractivity contribution in [1.82, 2.24) is 19.9 Å². The number of carbonyl (C=O) groups excluding carboxylic acids is 2. The van der Waals surface area contributed by atoms with Gasteiger partial charge in [-0.1, -0.05) is 6.92 Å². The Bertz CT molecular complexity index is 1150. The highest BCUT2D eigenvalue weighted by Crippen LogP contribution is 2.45. The summed E-state index contributed by atoms with van der Waals surface area (Å²) < 4.78 is 7.00. The van der Waals surface area contributed by atoms with Crippen molar-refractivity contribution in [3.8, 4) is 0 Å². The molecule has 2 aromatic heterocycles. The van der Waals surface area contributed by atoms with Crippen molar-refractivity contribution in [3.63, 3.8) is 0 Å². The van der Waals surface area contributed by atoms with E-state index >= 15 is 0 Å². The Balaban J connectivity index is 1.47. The monoisotopic (exact) mass is 424 g/mol. The summed E-state index contributed by atoms with van der Waals surface area (Å²) >= 11 is 0. The number of aryl methyl sites for hydroxylation is 1. The number of nitrogens with zero attached hydrogens (tertiary/aromatic N) is 3. The second-order valence-corrected chi connectivity index (χ2v) is 8.76. The molecule has 0 radical (unpaired) electrons. The number of aromatic nitrogens is 3. The Morgan fingerprint density at radius 2 is 1.84 bits per heavy atom. The Kier molecular flexibility index (Phi) is 4.37. The van der Waals surface area contributed by atoms with Crippen LogP contribution in [0.2, 0.25) is 0 Å². The second-order valence-electron chi connectivity index (χ2n) is 8.76. The summed E-state index contributed by atoms with van der Waals surface area (Å²) in [6.07, 6.45) is 4.10. The predicted octanol–water partition coefficient (Wildman–Crippen LogP) is 1.64. The molecule has 0 aromatic carbocycles. The van der Waals surface area contributed by atoms with Crippen LogP contribution < -0.4 is 21.5 Å². The molecule has 10 nitrogen and oxygen atoms in total. The molecule has 1 aliphatic carbocycles. The first kappa shape index (κ1) is 19.7. The van der Waals surface area contributed by atoms with Crippen LogP contribution in [0.4, 0.5) is 17.3 Å². The highest BCUT2D eigenvalue weighted by molar-refractivity contribution is 5.97. The summed E-state index contributed by atoms with van der Waals surface area (Å²) in [6, 6.07) is 3.24. The van der Waals surface area contributed by atoms with E-state index in [-0.39, 0.29) is 22.8 Å². The van der Waals surface area contributed by atoms with Crippen LogP contribution in [0.3, 0.4) is 0 Å². The highest BCUT2D eigenvalue weighted by atomic mass is 16.5. The van der Waals surface area contributed by atoms with Gasteiger partial charge in [0.05, 0.1) is 13.2 Å². The van der Waals surface area contributed by atoms with Crippen molar-refractivity contribution in [3.05, 3.63) is 40.1 Å². The van der Waals surface area contributed by atoms with Crippen LogP contribution in [0, 0.1) is 12.3 Å². The zero-order valence-electron chi connectivity index (χ0n) is 17.4. The molecule has 1 saturated heterocycles. The van der Waals surface area contributed by atoms with Crippen molar-refractivity contribution in [2.75, 3.05) is 23.8 Å². The van der Waals surface area contributed by atoms with Gasteiger partial charge in [-0.25, -0.2) is 9.97 Å². The van der Waals surface area contributed by atoms with Gasteiger partial charge in [0.1, 0.15) is 35.0 Å². The van der Waals surface area contributed by atoms with Crippen LogP contribution in [0.25, 0.3) is 0 Å². The van der Waals surface area contributed by atoms with Gasteiger partial charge in [0.2, 0.25) is 5.91 Å². The lowest BCUT2D eigenvalue weighted by atomic mass is 10.0. The fourth-order valence-electron chi connectivity index (χ4n) is 4.22. The number of hydrogen-bond acceptors (Lipinski definition) is 7. The maximum atomic E-state index is 13.4. The Morgan fingerprint density at radius 1 is 1.13 bits per heavy atom. The Labute approximate surface area is 178 Å². The summed E-state index contributed by atoms with van der Waals surface area (Å²) in [6.45, 7) is 4.66. The average Bonchev–Trinajstić information content (AvgIpc) is 3.43. The number of rotatable bonds is 4. The summed E-state index contributed by atoms with van der Waals surface area (Å²) in [4.78, 5) is 46.6. The van der Waals surface area contributed by atoms with Gasteiger partial charge in [0, 0.05) is 24.3 Å². The molecule has 31 heavy (non-hydrogen) atoms. The lowest BCUT2D eigenvalue weighted by Crippen LogP contribution is -2.51. The van der Waals surface area contributed by atoms with E-state index in [4.69, 9.17) is 4.74 Å². The third-order valence-electron chi connectivity index (χ3n) is 6.42. The topological polar surface area (TPSA) is 127 Å². The maximum absolute atomic E-state index is 13.4. The average molecular weight is 424 g/mol. The van der Waals surface area contributed by atoms with Crippen molar-refractivity contribution in [2.24, 2.45) is 5.41 Å². The van der Waals surface area contributed by atoms with Crippen molar-refractivity contribution < 1.29 is 14.3 Å². The molecule has 2 amide bonds. The van der Waals surface area contributed by atoms with E-state index in [1.165, 1.54) is 6.33 Å². The molecule has 10 heteroatoms. The summed E-state index contributed by atoms with van der Waals surface area (Å²) in [7, 11) is 0. The van der Waals surface area contributed by atoms with Gasteiger partial charge in [-0.15, -0.1) is 0 Å². The fraction of sp³-hybridized carbons (Fsp3) is 0.476. The molecule has 1 saturated carbocycles. The van der Waals surface area contributed by atoms with Crippen molar-refractivity contribution in [2.45, 2.75) is 45.2 Å². The number of fused-ring (bicyclic) bond motifs is 2. The van der Waals surface area contributed by atoms with E-state index in [0.29, 0.717) is 54.6 Å². The minimum atomic E-state index is -0.769. The van der Waals surface area contributed by atoms with Gasteiger partial charge in [-0.05, 0) is 31.4 Å². The molecule has 2 fully saturated rings. The van der Waals surface area contributed by atoms with E-state index in [9.17, 15) is 14.4 Å². The standard InChI is InChI=1S/C21H24N6O4/c1-12-9-13(18(29)27-16(12)17(28)26-21(27)5-7-31-8-6-21)24-14-10-15(23-11-22-14)25-19(30)20(2)3-4-20/h9-11H,3-8H2,1-2H3,(H,26,28)(H2,22,23,24,25,30). The van der Waals surface area contributed by atoms with Crippen LogP contribution in [-0.4, -0.2) is 39.6 Å². The number of carbonyl (C=O) groups is 2. The lowest BCUT2D eigenvalue weighted by molar-refractivity contribution is -0.120. The Morgan fingerprint density at radius 3 is 2.55 bits per heavy atom. The van der Waals surface area contributed by atoms with E-state index in [1.807, 2.05) is 6.92 Å². The molecule has 2 aromatic rings. The molecule has 1 spiro atoms. The largest absolute Gasteiger partial charge is 0.381 e. The molecule has 0 atom stereocenters. The van der Waals surface area contributed by atoms with Gasteiger partial charge in [0.15, 0.2) is 0 Å². The molecule has 2 aliphatic heterocycles. The van der Waals surface area contributed by atoms with Gasteiger partial charge in [-0.2, -0.15) is 0 Å². The van der Waals surface area contributed by atoms with E-state index in [2.05, 4.69) is 25.9 Å². The molecule has 5 rings (SSSR count). The predicted molar refractivity (Wildman–Crippen MR) is 112 cm³/mol.